The maximum absolute atomic E-state index is 12.4. The lowest BCUT2D eigenvalue weighted by Crippen LogP contribution is -2.34. The molecule has 0 saturated carbocycles. The number of likely N-dealkylation sites (tertiary alicyclic amines) is 1. The highest BCUT2D eigenvalue weighted by atomic mass is 16.5. The number of Topliss-reactive ketones (excluding diaryl/α,β-unsaturated/α-hetero) is 1. The molecule has 1 aliphatic rings. The van der Waals surface area contributed by atoms with Gasteiger partial charge in [0.1, 0.15) is 5.75 Å². The van der Waals surface area contributed by atoms with Crippen LogP contribution in [0.4, 0.5) is 0 Å². The van der Waals surface area contributed by atoms with Crippen molar-refractivity contribution < 1.29 is 9.53 Å². The lowest BCUT2D eigenvalue weighted by atomic mass is 9.83. The monoisotopic (exact) mass is 317 g/mol. The van der Waals surface area contributed by atoms with Crippen molar-refractivity contribution in [2.24, 2.45) is 11.3 Å². The predicted molar refractivity (Wildman–Crippen MR) is 95.2 cm³/mol. The molecule has 1 heterocycles. The van der Waals surface area contributed by atoms with Gasteiger partial charge in [-0.3, -0.25) is 4.79 Å². The average Bonchev–Trinajstić information content (AvgIpc) is 2.63. The summed E-state index contributed by atoms with van der Waals surface area (Å²) in [5.74, 6) is 1.83. The molecule has 1 aliphatic heterocycles. The largest absolute Gasteiger partial charge is 0.494 e. The SMILES string of the molecule is CCOc1ccc(C(=O)CCN2CCC(C)CC(C)(C)C2)cc1. The van der Waals surface area contributed by atoms with E-state index >= 15 is 0 Å². The smallest absolute Gasteiger partial charge is 0.164 e. The topological polar surface area (TPSA) is 29.5 Å². The first-order valence-corrected chi connectivity index (χ1v) is 8.88. The number of ether oxygens (including phenoxy) is 1. The van der Waals surface area contributed by atoms with Crippen LogP contribution in [0.15, 0.2) is 24.3 Å². The fraction of sp³-hybridized carbons (Fsp3) is 0.650. The number of benzene rings is 1. The number of carbonyl (C=O) groups is 1. The number of hydrogen-bond donors (Lipinski definition) is 0. The Bertz CT molecular complexity index is 507. The minimum Gasteiger partial charge on any atom is -0.494 e. The van der Waals surface area contributed by atoms with Gasteiger partial charge in [0.05, 0.1) is 6.61 Å². The molecule has 1 unspecified atom stereocenters. The van der Waals surface area contributed by atoms with Crippen LogP contribution in [0.25, 0.3) is 0 Å². The van der Waals surface area contributed by atoms with Crippen molar-refractivity contribution in [1.82, 2.24) is 4.90 Å². The second kappa shape index (κ2) is 7.96. The van der Waals surface area contributed by atoms with E-state index in [0.29, 0.717) is 18.4 Å². The molecule has 0 aromatic heterocycles. The van der Waals surface area contributed by atoms with Crippen LogP contribution in [0.1, 0.15) is 57.3 Å². The zero-order valence-electron chi connectivity index (χ0n) is 15.1. The van der Waals surface area contributed by atoms with E-state index in [0.717, 1.165) is 36.9 Å². The highest BCUT2D eigenvalue weighted by molar-refractivity contribution is 5.96. The number of ketones is 1. The third-order valence-electron chi connectivity index (χ3n) is 4.63. The van der Waals surface area contributed by atoms with E-state index in [1.165, 1.54) is 12.8 Å². The average molecular weight is 317 g/mol. The summed E-state index contributed by atoms with van der Waals surface area (Å²) in [5, 5.41) is 0. The summed E-state index contributed by atoms with van der Waals surface area (Å²) < 4.78 is 5.42. The molecule has 0 N–H and O–H groups in total. The minimum absolute atomic E-state index is 0.225. The molecule has 1 aromatic rings. The maximum atomic E-state index is 12.4. The lowest BCUT2D eigenvalue weighted by Gasteiger charge is -2.29. The standard InChI is InChI=1S/C20H31NO2/c1-5-23-18-8-6-17(7-9-18)19(22)11-13-21-12-10-16(2)14-20(3,4)15-21/h6-9,16H,5,10-15H2,1-4H3. The molecular formula is C20H31NO2. The van der Waals surface area contributed by atoms with Crippen LogP contribution in [-0.2, 0) is 0 Å². The fourth-order valence-electron chi connectivity index (χ4n) is 3.70. The molecule has 0 spiro atoms. The molecule has 1 fully saturated rings. The van der Waals surface area contributed by atoms with Crippen LogP contribution in [0.3, 0.4) is 0 Å². The van der Waals surface area contributed by atoms with Gasteiger partial charge in [-0.15, -0.1) is 0 Å². The van der Waals surface area contributed by atoms with Gasteiger partial charge in [0.2, 0.25) is 0 Å². The van der Waals surface area contributed by atoms with Crippen LogP contribution >= 0.6 is 0 Å². The van der Waals surface area contributed by atoms with Crippen molar-refractivity contribution in [2.75, 3.05) is 26.2 Å². The molecule has 1 atom stereocenters. The normalized spacial score (nSPS) is 21.7. The Morgan fingerprint density at radius 3 is 2.65 bits per heavy atom. The molecule has 0 radical (unpaired) electrons. The van der Waals surface area contributed by atoms with Crippen molar-refractivity contribution in [2.45, 2.75) is 47.0 Å². The van der Waals surface area contributed by atoms with E-state index in [1.807, 2.05) is 31.2 Å². The summed E-state index contributed by atoms with van der Waals surface area (Å²) in [6.45, 7) is 12.7. The number of nitrogens with zero attached hydrogens (tertiary/aromatic N) is 1. The molecule has 3 nitrogen and oxygen atoms in total. The predicted octanol–water partition coefficient (Wildman–Crippen LogP) is 4.42. The summed E-state index contributed by atoms with van der Waals surface area (Å²) >= 11 is 0. The summed E-state index contributed by atoms with van der Waals surface area (Å²) in [6, 6.07) is 7.52. The van der Waals surface area contributed by atoms with E-state index in [9.17, 15) is 4.79 Å². The Balaban J connectivity index is 1.88. The van der Waals surface area contributed by atoms with Crippen LogP contribution in [0.5, 0.6) is 5.75 Å². The number of carbonyl (C=O) groups excluding carboxylic acids is 1. The van der Waals surface area contributed by atoms with Crippen molar-refractivity contribution >= 4 is 5.78 Å². The Hall–Kier alpha value is -1.35. The van der Waals surface area contributed by atoms with Crippen LogP contribution in [0, 0.1) is 11.3 Å². The van der Waals surface area contributed by atoms with Crippen LogP contribution in [-0.4, -0.2) is 36.9 Å². The Labute approximate surface area is 141 Å². The molecule has 0 aliphatic carbocycles. The molecule has 3 heteroatoms. The van der Waals surface area contributed by atoms with Crippen molar-refractivity contribution in [3.8, 4) is 5.75 Å². The Kier molecular flexibility index (Phi) is 6.23. The van der Waals surface area contributed by atoms with Gasteiger partial charge in [0.25, 0.3) is 0 Å². The first kappa shape index (κ1) is 18.0. The number of rotatable bonds is 6. The van der Waals surface area contributed by atoms with Crippen LogP contribution < -0.4 is 4.74 Å². The molecule has 23 heavy (non-hydrogen) atoms. The fourth-order valence-corrected chi connectivity index (χ4v) is 3.70. The zero-order valence-corrected chi connectivity index (χ0v) is 15.1. The van der Waals surface area contributed by atoms with Crippen LogP contribution in [0.2, 0.25) is 0 Å². The van der Waals surface area contributed by atoms with E-state index in [2.05, 4.69) is 25.7 Å². The first-order valence-electron chi connectivity index (χ1n) is 8.88. The van der Waals surface area contributed by atoms with E-state index in [1.54, 1.807) is 0 Å². The van der Waals surface area contributed by atoms with Gasteiger partial charge in [-0.05, 0) is 61.9 Å². The molecule has 0 bridgehead atoms. The van der Waals surface area contributed by atoms with E-state index in [-0.39, 0.29) is 5.78 Å². The van der Waals surface area contributed by atoms with Gasteiger partial charge >= 0.3 is 0 Å². The second-order valence-electron chi connectivity index (χ2n) is 7.67. The third kappa shape index (κ3) is 5.65. The van der Waals surface area contributed by atoms with Crippen molar-refractivity contribution in [3.05, 3.63) is 29.8 Å². The minimum atomic E-state index is 0.225. The molecule has 128 valence electrons. The van der Waals surface area contributed by atoms with Gasteiger partial charge in [-0.2, -0.15) is 0 Å². The maximum Gasteiger partial charge on any atom is 0.164 e. The molecule has 1 saturated heterocycles. The number of hydrogen-bond acceptors (Lipinski definition) is 3. The quantitative estimate of drug-likeness (QED) is 0.728. The molecule has 1 aromatic carbocycles. The van der Waals surface area contributed by atoms with Gasteiger partial charge in [-0.25, -0.2) is 0 Å². The Morgan fingerprint density at radius 2 is 2.00 bits per heavy atom. The molecule has 0 amide bonds. The highest BCUT2D eigenvalue weighted by Crippen LogP contribution is 2.31. The summed E-state index contributed by atoms with van der Waals surface area (Å²) in [6.07, 6.45) is 3.11. The van der Waals surface area contributed by atoms with Crippen molar-refractivity contribution in [3.63, 3.8) is 0 Å². The molecular weight excluding hydrogens is 286 g/mol. The van der Waals surface area contributed by atoms with Gasteiger partial charge in [0.15, 0.2) is 5.78 Å². The van der Waals surface area contributed by atoms with E-state index in [4.69, 9.17) is 4.74 Å². The third-order valence-corrected chi connectivity index (χ3v) is 4.63. The van der Waals surface area contributed by atoms with Gasteiger partial charge < -0.3 is 9.64 Å². The summed E-state index contributed by atoms with van der Waals surface area (Å²) in [4.78, 5) is 14.9. The first-order chi connectivity index (χ1) is 10.9. The van der Waals surface area contributed by atoms with Gasteiger partial charge in [-0.1, -0.05) is 20.8 Å². The Morgan fingerprint density at radius 1 is 1.30 bits per heavy atom. The second-order valence-corrected chi connectivity index (χ2v) is 7.67. The van der Waals surface area contributed by atoms with Crippen molar-refractivity contribution in [1.29, 1.82) is 0 Å². The highest BCUT2D eigenvalue weighted by Gasteiger charge is 2.28. The molecule has 2 rings (SSSR count). The summed E-state index contributed by atoms with van der Waals surface area (Å²) in [7, 11) is 0. The summed E-state index contributed by atoms with van der Waals surface area (Å²) in [5.41, 5.74) is 1.13. The lowest BCUT2D eigenvalue weighted by molar-refractivity contribution is 0.0954. The zero-order chi connectivity index (χ0) is 16.9. The van der Waals surface area contributed by atoms with Gasteiger partial charge in [0, 0.05) is 25.1 Å². The van der Waals surface area contributed by atoms with E-state index < -0.39 is 0 Å².